The summed E-state index contributed by atoms with van der Waals surface area (Å²) < 4.78 is 12.8. The Kier molecular flexibility index (Phi) is 8.35. The van der Waals surface area contributed by atoms with Crippen LogP contribution in [0, 0.1) is 0 Å². The van der Waals surface area contributed by atoms with E-state index in [1.54, 1.807) is 60.7 Å². The summed E-state index contributed by atoms with van der Waals surface area (Å²) in [5, 5.41) is 7.95. The Bertz CT molecular complexity index is 1720. The van der Waals surface area contributed by atoms with Crippen molar-refractivity contribution < 1.29 is 19.1 Å². The molecule has 2 N–H and O–H groups in total. The SMILES string of the molecule is CCOc1ccc(NC(=O)COc2ccc(/C=N\NC(=O)Cn3c4ccccc4c(=O)c4ccccc43)cc2)cc1. The number of para-hydroxylation sites is 2. The van der Waals surface area contributed by atoms with Gasteiger partial charge in [0.1, 0.15) is 18.0 Å². The van der Waals surface area contributed by atoms with E-state index in [0.29, 0.717) is 39.8 Å². The Morgan fingerprint density at radius 2 is 1.37 bits per heavy atom. The number of benzene rings is 4. The molecule has 2 amide bonds. The van der Waals surface area contributed by atoms with E-state index in [9.17, 15) is 14.4 Å². The van der Waals surface area contributed by atoms with Crippen molar-refractivity contribution in [1.29, 1.82) is 0 Å². The third-order valence-electron chi connectivity index (χ3n) is 6.28. The first-order chi connectivity index (χ1) is 20.0. The highest BCUT2D eigenvalue weighted by atomic mass is 16.5. The van der Waals surface area contributed by atoms with E-state index >= 15 is 0 Å². The minimum Gasteiger partial charge on any atom is -0.494 e. The first-order valence-electron chi connectivity index (χ1n) is 13.1. The molecule has 0 bridgehead atoms. The van der Waals surface area contributed by atoms with E-state index in [1.807, 2.05) is 47.9 Å². The number of amides is 2. The molecule has 9 nitrogen and oxygen atoms in total. The van der Waals surface area contributed by atoms with Gasteiger partial charge in [-0.3, -0.25) is 14.4 Å². The minimum absolute atomic E-state index is 0.00977. The van der Waals surface area contributed by atoms with Crippen LogP contribution in [0.15, 0.2) is 107 Å². The number of rotatable bonds is 10. The van der Waals surface area contributed by atoms with Gasteiger partial charge in [0.15, 0.2) is 12.0 Å². The summed E-state index contributed by atoms with van der Waals surface area (Å²) in [6.07, 6.45) is 1.52. The molecular weight excluding hydrogens is 520 g/mol. The van der Waals surface area contributed by atoms with Gasteiger partial charge in [0, 0.05) is 16.5 Å². The van der Waals surface area contributed by atoms with Gasteiger partial charge in [0.2, 0.25) is 0 Å². The van der Waals surface area contributed by atoms with E-state index in [4.69, 9.17) is 9.47 Å². The van der Waals surface area contributed by atoms with E-state index in [2.05, 4.69) is 15.8 Å². The zero-order valence-corrected chi connectivity index (χ0v) is 22.4. The van der Waals surface area contributed by atoms with Crippen LogP contribution in [0.4, 0.5) is 5.69 Å². The monoisotopic (exact) mass is 548 g/mol. The van der Waals surface area contributed by atoms with Crippen LogP contribution in [0.2, 0.25) is 0 Å². The number of anilines is 1. The van der Waals surface area contributed by atoms with E-state index in [1.165, 1.54) is 6.21 Å². The standard InChI is InChI=1S/C32H28N4O5/c1-2-40-24-17-13-23(14-18-24)34-31(38)21-41-25-15-11-22(12-16-25)19-33-35-30(37)20-36-28-9-5-3-7-26(28)32(39)27-8-4-6-10-29(27)36/h3-19H,2,20-21H2,1H3,(H,34,38)(H,35,37)/b33-19-. The van der Waals surface area contributed by atoms with Gasteiger partial charge in [-0.05, 0) is 85.3 Å². The molecular formula is C32H28N4O5. The van der Waals surface area contributed by atoms with Crippen LogP contribution in [-0.2, 0) is 16.1 Å². The molecule has 4 aromatic carbocycles. The van der Waals surface area contributed by atoms with Crippen LogP contribution >= 0.6 is 0 Å². The Balaban J connectivity index is 1.15. The summed E-state index contributed by atoms with van der Waals surface area (Å²) in [6, 6.07) is 28.5. The smallest absolute Gasteiger partial charge is 0.262 e. The number of fused-ring (bicyclic) bond motifs is 2. The number of nitrogens with zero attached hydrogens (tertiary/aromatic N) is 2. The normalized spacial score (nSPS) is 11.0. The maximum atomic E-state index is 12.9. The molecule has 0 fully saturated rings. The number of hydrogen-bond donors (Lipinski definition) is 2. The van der Waals surface area contributed by atoms with Gasteiger partial charge in [-0.1, -0.05) is 24.3 Å². The summed E-state index contributed by atoms with van der Waals surface area (Å²) in [4.78, 5) is 37.9. The van der Waals surface area contributed by atoms with Crippen LogP contribution in [0.25, 0.3) is 21.8 Å². The second-order valence-electron chi connectivity index (χ2n) is 9.11. The first kappa shape index (κ1) is 27.1. The van der Waals surface area contributed by atoms with Gasteiger partial charge in [-0.15, -0.1) is 0 Å². The molecule has 5 aromatic rings. The second kappa shape index (κ2) is 12.6. The summed E-state index contributed by atoms with van der Waals surface area (Å²) >= 11 is 0. The lowest BCUT2D eigenvalue weighted by Crippen LogP contribution is -2.25. The number of pyridine rings is 1. The average molecular weight is 549 g/mol. The quantitative estimate of drug-likeness (QED) is 0.149. The number of carbonyl (C=O) groups excluding carboxylic acids is 2. The molecule has 0 saturated heterocycles. The number of carbonyl (C=O) groups is 2. The molecule has 1 aromatic heterocycles. The van der Waals surface area contributed by atoms with Crippen LogP contribution in [0.1, 0.15) is 12.5 Å². The van der Waals surface area contributed by atoms with Crippen LogP contribution in [0.5, 0.6) is 11.5 Å². The van der Waals surface area contributed by atoms with Crippen molar-refractivity contribution in [2.24, 2.45) is 5.10 Å². The number of nitrogens with one attached hydrogen (secondary N) is 2. The summed E-state index contributed by atoms with van der Waals surface area (Å²) in [6.45, 7) is 2.33. The highest BCUT2D eigenvalue weighted by Gasteiger charge is 2.12. The topological polar surface area (TPSA) is 111 Å². The fraction of sp³-hybridized carbons (Fsp3) is 0.125. The Morgan fingerprint density at radius 1 is 0.780 bits per heavy atom. The van der Waals surface area contributed by atoms with Gasteiger partial charge in [-0.2, -0.15) is 5.10 Å². The van der Waals surface area contributed by atoms with Crippen molar-refractivity contribution in [3.8, 4) is 11.5 Å². The summed E-state index contributed by atoms with van der Waals surface area (Å²) in [5.41, 5.74) is 5.23. The molecule has 0 radical (unpaired) electrons. The lowest BCUT2D eigenvalue weighted by Gasteiger charge is -2.14. The maximum Gasteiger partial charge on any atom is 0.262 e. The molecule has 5 rings (SSSR count). The number of hydrogen-bond acceptors (Lipinski definition) is 6. The molecule has 1 heterocycles. The predicted octanol–water partition coefficient (Wildman–Crippen LogP) is 4.72. The largest absolute Gasteiger partial charge is 0.494 e. The van der Waals surface area contributed by atoms with E-state index < -0.39 is 0 Å². The van der Waals surface area contributed by atoms with Crippen molar-refractivity contribution >= 4 is 45.5 Å². The van der Waals surface area contributed by atoms with Gasteiger partial charge in [0.05, 0.1) is 23.9 Å². The summed E-state index contributed by atoms with van der Waals surface area (Å²) in [5.74, 6) is 0.635. The van der Waals surface area contributed by atoms with Crippen LogP contribution in [-0.4, -0.2) is 35.8 Å². The van der Waals surface area contributed by atoms with Crippen molar-refractivity contribution in [2.75, 3.05) is 18.5 Å². The molecule has 0 atom stereocenters. The fourth-order valence-electron chi connectivity index (χ4n) is 4.40. The van der Waals surface area contributed by atoms with E-state index in [-0.39, 0.29) is 30.4 Å². The number of ether oxygens (including phenoxy) is 2. The fourth-order valence-corrected chi connectivity index (χ4v) is 4.40. The number of hydrazone groups is 1. The zero-order valence-electron chi connectivity index (χ0n) is 22.4. The Hall–Kier alpha value is -5.44. The van der Waals surface area contributed by atoms with Crippen molar-refractivity contribution in [3.63, 3.8) is 0 Å². The van der Waals surface area contributed by atoms with Gasteiger partial charge in [0.25, 0.3) is 11.8 Å². The predicted molar refractivity (Wildman–Crippen MR) is 160 cm³/mol. The Labute approximate surface area is 236 Å². The van der Waals surface area contributed by atoms with E-state index in [0.717, 1.165) is 11.3 Å². The lowest BCUT2D eigenvalue weighted by molar-refractivity contribution is -0.121. The highest BCUT2D eigenvalue weighted by molar-refractivity contribution is 5.95. The molecule has 0 aliphatic rings. The van der Waals surface area contributed by atoms with Crippen molar-refractivity contribution in [3.05, 3.63) is 113 Å². The maximum absolute atomic E-state index is 12.9. The zero-order chi connectivity index (χ0) is 28.6. The third-order valence-corrected chi connectivity index (χ3v) is 6.28. The molecule has 0 aliphatic heterocycles. The third kappa shape index (κ3) is 6.59. The molecule has 0 unspecified atom stereocenters. The van der Waals surface area contributed by atoms with Gasteiger partial charge in [-0.25, -0.2) is 5.43 Å². The molecule has 41 heavy (non-hydrogen) atoms. The number of aromatic nitrogens is 1. The summed E-state index contributed by atoms with van der Waals surface area (Å²) in [7, 11) is 0. The van der Waals surface area contributed by atoms with Crippen molar-refractivity contribution in [1.82, 2.24) is 9.99 Å². The van der Waals surface area contributed by atoms with Crippen LogP contribution in [0.3, 0.4) is 0 Å². The second-order valence-corrected chi connectivity index (χ2v) is 9.11. The molecule has 9 heteroatoms. The van der Waals surface area contributed by atoms with Gasteiger partial charge >= 0.3 is 0 Å². The highest BCUT2D eigenvalue weighted by Crippen LogP contribution is 2.19. The molecule has 0 saturated carbocycles. The van der Waals surface area contributed by atoms with Crippen LogP contribution < -0.4 is 25.6 Å². The Morgan fingerprint density at radius 3 is 2.00 bits per heavy atom. The lowest BCUT2D eigenvalue weighted by atomic mass is 10.1. The molecule has 206 valence electrons. The average Bonchev–Trinajstić information content (AvgIpc) is 3.00. The van der Waals surface area contributed by atoms with Crippen molar-refractivity contribution in [2.45, 2.75) is 13.5 Å². The molecule has 0 aliphatic carbocycles. The van der Waals surface area contributed by atoms with Gasteiger partial charge < -0.3 is 19.4 Å². The minimum atomic E-state index is -0.335. The first-order valence-corrected chi connectivity index (χ1v) is 13.1. The molecule has 0 spiro atoms.